The summed E-state index contributed by atoms with van der Waals surface area (Å²) >= 11 is 6.80. The number of hydrogen-bond donors (Lipinski definition) is 2. The molecule has 1 aliphatic carbocycles. The number of rotatable bonds is 3. The molecular formula is C24H32ClN5. The first-order valence-corrected chi connectivity index (χ1v) is 11.7. The summed E-state index contributed by atoms with van der Waals surface area (Å²) in [7, 11) is 0. The van der Waals surface area contributed by atoms with Gasteiger partial charge in [0.1, 0.15) is 12.2 Å². The van der Waals surface area contributed by atoms with Crippen LogP contribution in [0.25, 0.3) is 0 Å². The van der Waals surface area contributed by atoms with Gasteiger partial charge in [0, 0.05) is 41.0 Å². The third-order valence-electron chi connectivity index (χ3n) is 7.30. The van der Waals surface area contributed by atoms with E-state index in [1.165, 1.54) is 28.3 Å². The highest BCUT2D eigenvalue weighted by Gasteiger charge is 2.48. The van der Waals surface area contributed by atoms with Gasteiger partial charge < -0.3 is 15.5 Å². The Labute approximate surface area is 184 Å². The number of anilines is 1. The number of halogens is 1. The first kappa shape index (κ1) is 20.2. The number of nitrogens with one attached hydrogen (secondary N) is 2. The third kappa shape index (κ3) is 3.22. The number of fused-ring (bicyclic) bond motifs is 3. The Morgan fingerprint density at radius 3 is 2.87 bits per heavy atom. The zero-order chi connectivity index (χ0) is 20.9. The normalized spacial score (nSPS) is 26.8. The molecule has 2 atom stereocenters. The summed E-state index contributed by atoms with van der Waals surface area (Å²) in [5.41, 5.74) is 5.34. The molecule has 5 nitrogen and oxygen atoms in total. The molecule has 0 aromatic heterocycles. The molecule has 1 aromatic rings. The second-order valence-corrected chi connectivity index (χ2v) is 10.0. The van der Waals surface area contributed by atoms with Gasteiger partial charge in [-0.2, -0.15) is 0 Å². The summed E-state index contributed by atoms with van der Waals surface area (Å²) in [5.74, 6) is 2.01. The summed E-state index contributed by atoms with van der Waals surface area (Å²) < 4.78 is 0. The molecule has 1 saturated heterocycles. The Balaban J connectivity index is 1.62. The maximum absolute atomic E-state index is 6.80. The fraction of sp³-hybridized carbons (Fsp3) is 0.583. The van der Waals surface area contributed by atoms with Crippen LogP contribution in [-0.2, 0) is 12.0 Å². The Morgan fingerprint density at radius 2 is 2.10 bits per heavy atom. The predicted octanol–water partition coefficient (Wildman–Crippen LogP) is 4.26. The highest BCUT2D eigenvalue weighted by atomic mass is 35.5. The van der Waals surface area contributed by atoms with Gasteiger partial charge in [0.2, 0.25) is 0 Å². The summed E-state index contributed by atoms with van der Waals surface area (Å²) in [6.07, 6.45) is 7.39. The lowest BCUT2D eigenvalue weighted by Gasteiger charge is -2.37. The molecule has 5 rings (SSSR count). The van der Waals surface area contributed by atoms with E-state index in [0.29, 0.717) is 17.9 Å². The molecule has 3 heterocycles. The van der Waals surface area contributed by atoms with Crippen LogP contribution in [-0.4, -0.2) is 37.9 Å². The van der Waals surface area contributed by atoms with Crippen LogP contribution in [0.3, 0.4) is 0 Å². The Hall–Kier alpha value is -1.69. The fourth-order valence-corrected chi connectivity index (χ4v) is 5.97. The Morgan fingerprint density at radius 1 is 1.30 bits per heavy atom. The highest BCUT2D eigenvalue weighted by molar-refractivity contribution is 6.31. The molecule has 1 fully saturated rings. The van der Waals surface area contributed by atoms with E-state index < -0.39 is 0 Å². The van der Waals surface area contributed by atoms with E-state index in [9.17, 15) is 0 Å². The van der Waals surface area contributed by atoms with E-state index in [2.05, 4.69) is 59.5 Å². The predicted molar refractivity (Wildman–Crippen MR) is 126 cm³/mol. The number of nitrogens with zero attached hydrogens (tertiary/aromatic N) is 3. The molecule has 1 spiro atoms. The molecule has 1 unspecified atom stereocenters. The molecule has 0 saturated carbocycles. The summed E-state index contributed by atoms with van der Waals surface area (Å²) in [6.45, 7) is 10.6. The second-order valence-electron chi connectivity index (χ2n) is 9.62. The van der Waals surface area contributed by atoms with Crippen molar-refractivity contribution in [2.45, 2.75) is 58.0 Å². The van der Waals surface area contributed by atoms with E-state index in [1.54, 1.807) is 6.34 Å². The monoisotopic (exact) mass is 425 g/mol. The van der Waals surface area contributed by atoms with Crippen LogP contribution in [0.2, 0.25) is 5.02 Å². The smallest absolute Gasteiger partial charge is 0.120 e. The standard InChI is InChI=1S/C24H32ClN5/c1-15(2)27-12-17-18(25)5-7-20-22(17)24(8-10-26-11-9-24)13-30(20)23-21-16(3)4-6-19(21)28-14-29-23/h5-7,14-16,21,26-27H,4,8-13H2,1-3H3/t16-,21?/m1/s1. The minimum atomic E-state index is 0.127. The number of piperidine rings is 1. The Kier molecular flexibility index (Phi) is 5.24. The lowest BCUT2D eigenvalue weighted by molar-refractivity contribution is 0.327. The molecular weight excluding hydrogens is 394 g/mol. The molecule has 160 valence electrons. The lowest BCUT2D eigenvalue weighted by atomic mass is 9.73. The summed E-state index contributed by atoms with van der Waals surface area (Å²) in [6, 6.07) is 4.73. The van der Waals surface area contributed by atoms with E-state index in [1.807, 2.05) is 0 Å². The molecule has 2 N–H and O–H groups in total. The summed E-state index contributed by atoms with van der Waals surface area (Å²) in [4.78, 5) is 11.9. The van der Waals surface area contributed by atoms with Gasteiger partial charge in [0.15, 0.2) is 0 Å². The van der Waals surface area contributed by atoms with Gasteiger partial charge in [0.05, 0.1) is 5.92 Å². The molecule has 0 radical (unpaired) electrons. The zero-order valence-electron chi connectivity index (χ0n) is 18.2. The van der Waals surface area contributed by atoms with Crippen LogP contribution in [0.1, 0.15) is 51.2 Å². The van der Waals surface area contributed by atoms with E-state index in [0.717, 1.165) is 50.5 Å². The van der Waals surface area contributed by atoms with Crippen LogP contribution in [0.4, 0.5) is 5.69 Å². The van der Waals surface area contributed by atoms with Gasteiger partial charge in [-0.05, 0) is 61.5 Å². The van der Waals surface area contributed by atoms with Gasteiger partial charge in [0.25, 0.3) is 0 Å². The third-order valence-corrected chi connectivity index (χ3v) is 7.66. The van der Waals surface area contributed by atoms with Crippen LogP contribution in [0.15, 0.2) is 33.9 Å². The van der Waals surface area contributed by atoms with Crippen molar-refractivity contribution in [1.82, 2.24) is 10.6 Å². The molecule has 30 heavy (non-hydrogen) atoms. The quantitative estimate of drug-likeness (QED) is 0.760. The van der Waals surface area contributed by atoms with Gasteiger partial charge in [-0.15, -0.1) is 0 Å². The molecule has 0 bridgehead atoms. The molecule has 1 aromatic carbocycles. The zero-order valence-corrected chi connectivity index (χ0v) is 19.0. The van der Waals surface area contributed by atoms with Gasteiger partial charge >= 0.3 is 0 Å². The van der Waals surface area contributed by atoms with Crippen LogP contribution in [0.5, 0.6) is 0 Å². The molecule has 0 amide bonds. The number of allylic oxidation sites excluding steroid dienone is 1. The van der Waals surface area contributed by atoms with E-state index in [4.69, 9.17) is 16.6 Å². The SMILES string of the molecule is CC(C)NCc1c(Cl)ccc2c1C1(CCNCC1)CN2C1=NC=NC2=CC[C@@H](C)C21. The number of amidine groups is 1. The van der Waals surface area contributed by atoms with E-state index in [-0.39, 0.29) is 5.41 Å². The largest absolute Gasteiger partial charge is 0.328 e. The summed E-state index contributed by atoms with van der Waals surface area (Å²) in [5, 5.41) is 8.05. The molecule has 6 heteroatoms. The maximum Gasteiger partial charge on any atom is 0.120 e. The first-order chi connectivity index (χ1) is 14.5. The van der Waals surface area contributed by atoms with Crippen molar-refractivity contribution in [3.05, 3.63) is 40.1 Å². The van der Waals surface area contributed by atoms with Crippen molar-refractivity contribution in [2.75, 3.05) is 24.5 Å². The van der Waals surface area contributed by atoms with Gasteiger partial charge in [-0.3, -0.25) is 0 Å². The molecule has 3 aliphatic heterocycles. The van der Waals surface area contributed by atoms with Crippen molar-refractivity contribution in [3.8, 4) is 0 Å². The molecule has 4 aliphatic rings. The van der Waals surface area contributed by atoms with Crippen molar-refractivity contribution in [3.63, 3.8) is 0 Å². The number of benzene rings is 1. The van der Waals surface area contributed by atoms with Gasteiger partial charge in [-0.1, -0.05) is 38.4 Å². The number of hydrogen-bond acceptors (Lipinski definition) is 5. The van der Waals surface area contributed by atoms with Crippen LogP contribution in [0, 0.1) is 11.8 Å². The van der Waals surface area contributed by atoms with Crippen LogP contribution >= 0.6 is 11.6 Å². The average molecular weight is 426 g/mol. The van der Waals surface area contributed by atoms with Crippen molar-refractivity contribution < 1.29 is 0 Å². The van der Waals surface area contributed by atoms with Gasteiger partial charge in [-0.25, -0.2) is 9.98 Å². The van der Waals surface area contributed by atoms with E-state index >= 15 is 0 Å². The second kappa shape index (κ2) is 7.77. The van der Waals surface area contributed by atoms with Crippen molar-refractivity contribution >= 4 is 29.5 Å². The van der Waals surface area contributed by atoms with Crippen molar-refractivity contribution in [2.24, 2.45) is 21.8 Å². The number of aliphatic imine (C=N–C) groups is 2. The highest BCUT2D eigenvalue weighted by Crippen LogP contribution is 2.51. The minimum absolute atomic E-state index is 0.127. The minimum Gasteiger partial charge on any atom is -0.328 e. The fourth-order valence-electron chi connectivity index (χ4n) is 5.74. The topological polar surface area (TPSA) is 52.0 Å². The average Bonchev–Trinajstić information content (AvgIpc) is 3.27. The van der Waals surface area contributed by atoms with Crippen molar-refractivity contribution in [1.29, 1.82) is 0 Å². The lowest BCUT2D eigenvalue weighted by Crippen LogP contribution is -2.46. The Bertz CT molecular complexity index is 926. The first-order valence-electron chi connectivity index (χ1n) is 11.3. The van der Waals surface area contributed by atoms with Crippen LogP contribution < -0.4 is 15.5 Å². The maximum atomic E-state index is 6.80.